The number of aromatic nitrogens is 2. The Morgan fingerprint density at radius 1 is 0.893 bits per heavy atom. The van der Waals surface area contributed by atoms with Crippen molar-refractivity contribution in [3.05, 3.63) is 42.1 Å². The molecule has 1 aromatic carbocycles. The lowest BCUT2D eigenvalue weighted by atomic mass is 10.1. The fraction of sp³-hybridized carbons (Fsp3) is 0.476. The van der Waals surface area contributed by atoms with Gasteiger partial charge in [-0.1, -0.05) is 0 Å². The summed E-state index contributed by atoms with van der Waals surface area (Å²) in [4.78, 5) is 29.7. The van der Waals surface area contributed by atoms with E-state index < -0.39 is 0 Å². The van der Waals surface area contributed by atoms with Crippen LogP contribution in [-0.2, 0) is 0 Å². The summed E-state index contributed by atoms with van der Waals surface area (Å²) in [7, 11) is 0. The summed E-state index contributed by atoms with van der Waals surface area (Å²) in [5, 5.41) is 0. The minimum absolute atomic E-state index is 0.115. The van der Waals surface area contributed by atoms with Gasteiger partial charge < -0.3 is 14.7 Å². The minimum atomic E-state index is 0.115. The third-order valence-electron chi connectivity index (χ3n) is 5.49. The van der Waals surface area contributed by atoms with E-state index in [0.717, 1.165) is 43.5 Å². The van der Waals surface area contributed by atoms with Gasteiger partial charge >= 0.3 is 0 Å². The second kappa shape index (κ2) is 8.82. The molecule has 2 fully saturated rings. The van der Waals surface area contributed by atoms with Crippen LogP contribution in [0.4, 0.5) is 11.8 Å². The summed E-state index contributed by atoms with van der Waals surface area (Å²) in [6, 6.07) is 9.85. The largest absolute Gasteiger partial charge is 0.353 e. The molecular formula is C21H27N5OS. The van der Waals surface area contributed by atoms with Crippen LogP contribution in [0.15, 0.2) is 41.4 Å². The molecule has 2 aliphatic heterocycles. The highest BCUT2D eigenvalue weighted by Crippen LogP contribution is 2.21. The van der Waals surface area contributed by atoms with Crippen molar-refractivity contribution < 1.29 is 4.79 Å². The van der Waals surface area contributed by atoms with Crippen LogP contribution >= 0.6 is 11.8 Å². The van der Waals surface area contributed by atoms with Crippen molar-refractivity contribution in [3.8, 4) is 0 Å². The summed E-state index contributed by atoms with van der Waals surface area (Å²) in [5.41, 5.74) is 0.765. The number of piperidine rings is 1. The molecule has 2 aromatic rings. The number of carbonyl (C=O) groups is 1. The van der Waals surface area contributed by atoms with Gasteiger partial charge in [-0.3, -0.25) is 4.79 Å². The maximum Gasteiger partial charge on any atom is 0.253 e. The van der Waals surface area contributed by atoms with Gasteiger partial charge in [0.2, 0.25) is 5.95 Å². The zero-order valence-electron chi connectivity index (χ0n) is 16.4. The highest BCUT2D eigenvalue weighted by molar-refractivity contribution is 7.98. The summed E-state index contributed by atoms with van der Waals surface area (Å²) in [6.45, 7) is 5.11. The standard InChI is InChI=1S/C21H27N5OS/c1-28-18-7-5-17(6-8-18)20(27)25-15-13-24(14-16-25)19-9-10-22-21(23-19)26-11-3-2-4-12-26/h5-10H,2-4,11-16H2,1H3. The minimum Gasteiger partial charge on any atom is -0.353 e. The van der Waals surface area contributed by atoms with Gasteiger partial charge in [-0.2, -0.15) is 4.98 Å². The lowest BCUT2D eigenvalue weighted by Crippen LogP contribution is -2.49. The van der Waals surface area contributed by atoms with Crippen LogP contribution in [0.1, 0.15) is 29.6 Å². The molecule has 4 rings (SSSR count). The quantitative estimate of drug-likeness (QED) is 0.739. The Balaban J connectivity index is 1.37. The van der Waals surface area contributed by atoms with Crippen molar-refractivity contribution in [2.75, 3.05) is 55.3 Å². The van der Waals surface area contributed by atoms with Crippen LogP contribution in [0.3, 0.4) is 0 Å². The molecule has 0 spiro atoms. The SMILES string of the molecule is CSc1ccc(C(=O)N2CCN(c3ccnc(N4CCCCC4)n3)CC2)cc1. The molecule has 3 heterocycles. The molecule has 1 amide bonds. The van der Waals surface area contributed by atoms with E-state index >= 15 is 0 Å². The number of rotatable bonds is 4. The van der Waals surface area contributed by atoms with Gasteiger partial charge in [-0.15, -0.1) is 11.8 Å². The van der Waals surface area contributed by atoms with E-state index in [9.17, 15) is 4.79 Å². The lowest BCUT2D eigenvalue weighted by Gasteiger charge is -2.36. The van der Waals surface area contributed by atoms with E-state index in [0.29, 0.717) is 13.1 Å². The number of benzene rings is 1. The van der Waals surface area contributed by atoms with E-state index in [2.05, 4.69) is 14.8 Å². The number of hydrogen-bond donors (Lipinski definition) is 0. The molecule has 0 bridgehead atoms. The number of nitrogens with zero attached hydrogens (tertiary/aromatic N) is 5. The first-order valence-electron chi connectivity index (χ1n) is 10.0. The summed E-state index contributed by atoms with van der Waals surface area (Å²) >= 11 is 1.69. The molecular weight excluding hydrogens is 370 g/mol. The van der Waals surface area contributed by atoms with Crippen molar-refractivity contribution in [1.82, 2.24) is 14.9 Å². The molecule has 1 aromatic heterocycles. The van der Waals surface area contributed by atoms with E-state index in [4.69, 9.17) is 4.98 Å². The Hall–Kier alpha value is -2.28. The highest BCUT2D eigenvalue weighted by atomic mass is 32.2. The van der Waals surface area contributed by atoms with Crippen LogP contribution < -0.4 is 9.80 Å². The van der Waals surface area contributed by atoms with Gasteiger partial charge in [0.1, 0.15) is 5.82 Å². The van der Waals surface area contributed by atoms with Crippen LogP contribution in [0.25, 0.3) is 0 Å². The van der Waals surface area contributed by atoms with Crippen molar-refractivity contribution in [2.24, 2.45) is 0 Å². The molecule has 0 atom stereocenters. The Morgan fingerprint density at radius 2 is 1.61 bits per heavy atom. The van der Waals surface area contributed by atoms with Crippen LogP contribution in [-0.4, -0.2) is 66.3 Å². The van der Waals surface area contributed by atoms with Gasteiger partial charge in [0.05, 0.1) is 0 Å². The smallest absolute Gasteiger partial charge is 0.253 e. The van der Waals surface area contributed by atoms with E-state index in [-0.39, 0.29) is 5.91 Å². The number of piperazine rings is 1. The van der Waals surface area contributed by atoms with Gasteiger partial charge in [0, 0.05) is 55.9 Å². The third-order valence-corrected chi connectivity index (χ3v) is 6.24. The first-order chi connectivity index (χ1) is 13.7. The maximum absolute atomic E-state index is 12.8. The zero-order chi connectivity index (χ0) is 19.3. The normalized spacial score (nSPS) is 17.7. The van der Waals surface area contributed by atoms with E-state index in [1.165, 1.54) is 24.2 Å². The number of anilines is 2. The Bertz CT molecular complexity index is 799. The van der Waals surface area contributed by atoms with Crippen molar-refractivity contribution in [1.29, 1.82) is 0 Å². The topological polar surface area (TPSA) is 52.6 Å². The fourth-order valence-corrected chi connectivity index (χ4v) is 4.22. The first kappa shape index (κ1) is 19.1. The maximum atomic E-state index is 12.8. The summed E-state index contributed by atoms with van der Waals surface area (Å²) < 4.78 is 0. The molecule has 0 N–H and O–H groups in total. The number of hydrogen-bond acceptors (Lipinski definition) is 6. The molecule has 0 saturated carbocycles. The molecule has 0 aliphatic carbocycles. The van der Waals surface area contributed by atoms with Gasteiger partial charge in [0.25, 0.3) is 5.91 Å². The first-order valence-corrected chi connectivity index (χ1v) is 11.2. The van der Waals surface area contributed by atoms with Gasteiger partial charge in [-0.05, 0) is 55.9 Å². The predicted molar refractivity (Wildman–Crippen MR) is 114 cm³/mol. The highest BCUT2D eigenvalue weighted by Gasteiger charge is 2.23. The molecule has 28 heavy (non-hydrogen) atoms. The van der Waals surface area contributed by atoms with E-state index in [1.807, 2.05) is 47.7 Å². The van der Waals surface area contributed by atoms with E-state index in [1.54, 1.807) is 11.8 Å². The average Bonchev–Trinajstić information content (AvgIpc) is 2.79. The summed E-state index contributed by atoms with van der Waals surface area (Å²) in [6.07, 6.45) is 7.63. The second-order valence-electron chi connectivity index (χ2n) is 7.27. The van der Waals surface area contributed by atoms with Gasteiger partial charge in [0.15, 0.2) is 0 Å². The zero-order valence-corrected chi connectivity index (χ0v) is 17.2. The Morgan fingerprint density at radius 3 is 2.29 bits per heavy atom. The molecule has 0 unspecified atom stereocenters. The van der Waals surface area contributed by atoms with Crippen LogP contribution in [0.5, 0.6) is 0 Å². The Labute approximate surface area is 170 Å². The predicted octanol–water partition coefficient (Wildman–Crippen LogP) is 3.15. The van der Waals surface area contributed by atoms with Crippen molar-refractivity contribution in [3.63, 3.8) is 0 Å². The molecule has 7 heteroatoms. The second-order valence-corrected chi connectivity index (χ2v) is 8.15. The molecule has 6 nitrogen and oxygen atoms in total. The number of amides is 1. The van der Waals surface area contributed by atoms with Crippen molar-refractivity contribution >= 4 is 29.4 Å². The molecule has 2 aliphatic rings. The Kier molecular flexibility index (Phi) is 6.00. The van der Waals surface area contributed by atoms with Crippen LogP contribution in [0, 0.1) is 0 Å². The molecule has 2 saturated heterocycles. The average molecular weight is 398 g/mol. The summed E-state index contributed by atoms with van der Waals surface area (Å²) in [5.74, 6) is 1.92. The molecule has 0 radical (unpaired) electrons. The number of thioether (sulfide) groups is 1. The third kappa shape index (κ3) is 4.24. The fourth-order valence-electron chi connectivity index (χ4n) is 3.82. The van der Waals surface area contributed by atoms with Crippen molar-refractivity contribution in [2.45, 2.75) is 24.2 Å². The van der Waals surface area contributed by atoms with Gasteiger partial charge in [-0.25, -0.2) is 4.98 Å². The lowest BCUT2D eigenvalue weighted by molar-refractivity contribution is 0.0746. The monoisotopic (exact) mass is 397 g/mol. The number of carbonyl (C=O) groups excluding carboxylic acids is 1. The molecule has 148 valence electrons. The van der Waals surface area contributed by atoms with Crippen LogP contribution in [0.2, 0.25) is 0 Å².